The van der Waals surface area contributed by atoms with Crippen molar-refractivity contribution in [1.82, 2.24) is 10.0 Å². The Labute approximate surface area is 158 Å². The Hall–Kier alpha value is -2.43. The second kappa shape index (κ2) is 7.29. The maximum atomic E-state index is 12.4. The van der Waals surface area contributed by atoms with Crippen LogP contribution in [0.4, 0.5) is 5.69 Å². The van der Waals surface area contributed by atoms with Crippen LogP contribution in [0, 0.1) is 0 Å². The number of amides is 1. The lowest BCUT2D eigenvalue weighted by molar-refractivity contribution is 0.0963. The van der Waals surface area contributed by atoms with Gasteiger partial charge in [-0.25, -0.2) is 21.6 Å². The number of carbonyl (C=O) groups is 1. The van der Waals surface area contributed by atoms with Crippen molar-refractivity contribution >= 4 is 31.6 Å². The van der Waals surface area contributed by atoms with Gasteiger partial charge in [0, 0.05) is 24.3 Å². The number of nitrogens with one attached hydrogen (secondary N) is 3. The van der Waals surface area contributed by atoms with Gasteiger partial charge in [0.05, 0.1) is 9.79 Å². The first-order chi connectivity index (χ1) is 12.7. The summed E-state index contributed by atoms with van der Waals surface area (Å²) in [6.45, 7) is 0. The Bertz CT molecular complexity index is 1040. The molecular weight excluding hydrogens is 390 g/mol. The molecule has 0 unspecified atom stereocenters. The SMILES string of the molecule is CNC(=O)c1ccc(S(=O)(=O)Nc2ccc(S(=O)(=O)NC3CC3)cc2)cc1. The molecule has 27 heavy (non-hydrogen) atoms. The van der Waals surface area contributed by atoms with Crippen LogP contribution in [0.15, 0.2) is 58.3 Å². The summed E-state index contributed by atoms with van der Waals surface area (Å²) >= 11 is 0. The van der Waals surface area contributed by atoms with Crippen LogP contribution in [0.25, 0.3) is 0 Å². The minimum absolute atomic E-state index is 0.00839. The van der Waals surface area contributed by atoms with E-state index in [-0.39, 0.29) is 27.4 Å². The summed E-state index contributed by atoms with van der Waals surface area (Å²) < 4.78 is 54.1. The van der Waals surface area contributed by atoms with E-state index in [9.17, 15) is 21.6 Å². The Kier molecular flexibility index (Phi) is 5.22. The standard InChI is InChI=1S/C17H19N3O5S2/c1-18-17(21)12-2-8-15(9-3-12)26(22,23)20-14-6-10-16(11-7-14)27(24,25)19-13-4-5-13/h2-3,6-11,13,19-20H,4-5H2,1H3,(H,18,21). The molecule has 0 saturated heterocycles. The van der Waals surface area contributed by atoms with Crippen LogP contribution >= 0.6 is 0 Å². The smallest absolute Gasteiger partial charge is 0.261 e. The summed E-state index contributed by atoms with van der Waals surface area (Å²) in [7, 11) is -5.97. The molecule has 8 nitrogen and oxygen atoms in total. The number of benzene rings is 2. The third-order valence-corrected chi connectivity index (χ3v) is 6.90. The van der Waals surface area contributed by atoms with E-state index in [1.165, 1.54) is 55.6 Å². The zero-order valence-corrected chi connectivity index (χ0v) is 16.1. The largest absolute Gasteiger partial charge is 0.355 e. The molecule has 1 saturated carbocycles. The molecule has 144 valence electrons. The third kappa shape index (κ3) is 4.65. The van der Waals surface area contributed by atoms with Gasteiger partial charge < -0.3 is 5.32 Å². The molecule has 10 heteroatoms. The van der Waals surface area contributed by atoms with Gasteiger partial charge in [-0.1, -0.05) is 0 Å². The van der Waals surface area contributed by atoms with Crippen molar-refractivity contribution in [2.24, 2.45) is 0 Å². The molecule has 3 N–H and O–H groups in total. The van der Waals surface area contributed by atoms with Crippen molar-refractivity contribution in [3.63, 3.8) is 0 Å². The molecule has 0 atom stereocenters. The van der Waals surface area contributed by atoms with Gasteiger partial charge in [0.2, 0.25) is 10.0 Å². The molecule has 0 bridgehead atoms. The third-order valence-electron chi connectivity index (χ3n) is 3.97. The number of sulfonamides is 2. The highest BCUT2D eigenvalue weighted by Crippen LogP contribution is 2.23. The average Bonchev–Trinajstić information content (AvgIpc) is 3.44. The van der Waals surface area contributed by atoms with E-state index >= 15 is 0 Å². The van der Waals surface area contributed by atoms with Crippen molar-refractivity contribution in [3.05, 3.63) is 54.1 Å². The summed E-state index contributed by atoms with van der Waals surface area (Å²) in [5.74, 6) is -0.316. The molecule has 0 aromatic heterocycles. The summed E-state index contributed by atoms with van der Waals surface area (Å²) in [6, 6.07) is 10.9. The monoisotopic (exact) mass is 409 g/mol. The molecule has 0 spiro atoms. The lowest BCUT2D eigenvalue weighted by Gasteiger charge is -2.10. The Morgan fingerprint density at radius 2 is 1.37 bits per heavy atom. The summed E-state index contributed by atoms with van der Waals surface area (Å²) in [4.78, 5) is 11.6. The highest BCUT2D eigenvalue weighted by molar-refractivity contribution is 7.92. The van der Waals surface area contributed by atoms with E-state index < -0.39 is 20.0 Å². The second-order valence-electron chi connectivity index (χ2n) is 6.13. The Morgan fingerprint density at radius 1 is 0.852 bits per heavy atom. The van der Waals surface area contributed by atoms with E-state index in [1.54, 1.807) is 0 Å². The van der Waals surface area contributed by atoms with Crippen molar-refractivity contribution in [1.29, 1.82) is 0 Å². The van der Waals surface area contributed by atoms with E-state index in [4.69, 9.17) is 0 Å². The van der Waals surface area contributed by atoms with E-state index in [1.807, 2.05) is 0 Å². The second-order valence-corrected chi connectivity index (χ2v) is 9.53. The maximum Gasteiger partial charge on any atom is 0.261 e. The van der Waals surface area contributed by atoms with E-state index in [0.29, 0.717) is 5.56 Å². The fourth-order valence-electron chi connectivity index (χ4n) is 2.33. The number of hydrogen-bond acceptors (Lipinski definition) is 5. The van der Waals surface area contributed by atoms with Gasteiger partial charge in [0.15, 0.2) is 0 Å². The molecule has 1 aliphatic carbocycles. The number of rotatable bonds is 7. The average molecular weight is 409 g/mol. The molecule has 0 heterocycles. The number of anilines is 1. The zero-order chi connectivity index (χ0) is 19.7. The van der Waals surface area contributed by atoms with Gasteiger partial charge in [0.1, 0.15) is 0 Å². The van der Waals surface area contributed by atoms with Crippen LogP contribution in [0.5, 0.6) is 0 Å². The van der Waals surface area contributed by atoms with Crippen LogP contribution in [0.2, 0.25) is 0 Å². The van der Waals surface area contributed by atoms with E-state index in [0.717, 1.165) is 12.8 Å². The minimum atomic E-state index is -3.87. The summed E-state index contributed by atoms with van der Waals surface area (Å²) in [6.07, 6.45) is 1.66. The van der Waals surface area contributed by atoms with E-state index in [2.05, 4.69) is 14.8 Å². The molecule has 3 rings (SSSR count). The van der Waals surface area contributed by atoms with Gasteiger partial charge in [-0.05, 0) is 61.4 Å². The van der Waals surface area contributed by atoms with Gasteiger partial charge in [-0.15, -0.1) is 0 Å². The molecule has 1 amide bonds. The van der Waals surface area contributed by atoms with Crippen molar-refractivity contribution in [2.75, 3.05) is 11.8 Å². The van der Waals surface area contributed by atoms with Gasteiger partial charge in [-0.3, -0.25) is 9.52 Å². The van der Waals surface area contributed by atoms with Crippen LogP contribution < -0.4 is 14.8 Å². The topological polar surface area (TPSA) is 121 Å². The maximum absolute atomic E-state index is 12.4. The van der Waals surface area contributed by atoms with Gasteiger partial charge >= 0.3 is 0 Å². The lowest BCUT2D eigenvalue weighted by atomic mass is 10.2. The van der Waals surface area contributed by atoms with Gasteiger partial charge in [0.25, 0.3) is 15.9 Å². The van der Waals surface area contributed by atoms with Gasteiger partial charge in [-0.2, -0.15) is 0 Å². The number of hydrogen-bond donors (Lipinski definition) is 3. The van der Waals surface area contributed by atoms with Crippen LogP contribution in [-0.2, 0) is 20.0 Å². The number of carbonyl (C=O) groups excluding carboxylic acids is 1. The van der Waals surface area contributed by atoms with Crippen LogP contribution in [0.1, 0.15) is 23.2 Å². The highest BCUT2D eigenvalue weighted by Gasteiger charge is 2.28. The Morgan fingerprint density at radius 3 is 1.89 bits per heavy atom. The van der Waals surface area contributed by atoms with Crippen molar-refractivity contribution in [3.8, 4) is 0 Å². The molecule has 2 aromatic carbocycles. The fourth-order valence-corrected chi connectivity index (χ4v) is 4.70. The molecular formula is C17H19N3O5S2. The summed E-state index contributed by atoms with van der Waals surface area (Å²) in [5.41, 5.74) is 0.574. The predicted molar refractivity (Wildman–Crippen MR) is 100 cm³/mol. The molecule has 0 aliphatic heterocycles. The lowest BCUT2D eigenvalue weighted by Crippen LogP contribution is -2.25. The van der Waals surface area contributed by atoms with Crippen molar-refractivity contribution < 1.29 is 21.6 Å². The molecule has 1 fully saturated rings. The minimum Gasteiger partial charge on any atom is -0.355 e. The highest BCUT2D eigenvalue weighted by atomic mass is 32.2. The first-order valence-corrected chi connectivity index (χ1v) is 11.2. The first-order valence-electron chi connectivity index (χ1n) is 8.19. The Balaban J connectivity index is 1.74. The molecule has 2 aromatic rings. The molecule has 0 radical (unpaired) electrons. The predicted octanol–water partition coefficient (Wildman–Crippen LogP) is 1.29. The van der Waals surface area contributed by atoms with Crippen molar-refractivity contribution in [2.45, 2.75) is 28.7 Å². The normalized spacial score (nSPS) is 14.6. The summed E-state index contributed by atoms with van der Waals surface area (Å²) in [5, 5.41) is 2.45. The van der Waals surface area contributed by atoms with Crippen LogP contribution in [0.3, 0.4) is 0 Å². The quantitative estimate of drug-likeness (QED) is 0.636. The zero-order valence-electron chi connectivity index (χ0n) is 14.5. The molecule has 1 aliphatic rings. The first kappa shape index (κ1) is 19.3. The fraction of sp³-hybridized carbons (Fsp3) is 0.235. The van der Waals surface area contributed by atoms with Crippen LogP contribution in [-0.4, -0.2) is 35.8 Å².